The molecule has 2 nitrogen and oxygen atoms in total. The van der Waals surface area contributed by atoms with Crippen LogP contribution in [0.4, 0.5) is 5.69 Å². The van der Waals surface area contributed by atoms with E-state index in [-0.39, 0.29) is 0 Å². The van der Waals surface area contributed by atoms with E-state index in [1.54, 1.807) is 11.3 Å². The topological polar surface area (TPSA) is 29.9 Å². The van der Waals surface area contributed by atoms with Gasteiger partial charge in [0, 0.05) is 11.8 Å². The Kier molecular flexibility index (Phi) is 3.07. The highest BCUT2D eigenvalue weighted by Gasteiger charge is 2.22. The van der Waals surface area contributed by atoms with E-state index < -0.39 is 0 Å². The number of nitrogens with zero attached hydrogens (tertiary/aromatic N) is 1. The molecule has 0 radical (unpaired) electrons. The maximum absolute atomic E-state index is 6.20. The summed E-state index contributed by atoms with van der Waals surface area (Å²) in [5, 5.41) is 1.14. The minimum atomic E-state index is 0.841. The highest BCUT2D eigenvalue weighted by atomic mass is 32.1. The van der Waals surface area contributed by atoms with Crippen LogP contribution in [-0.2, 0) is 7.05 Å². The summed E-state index contributed by atoms with van der Waals surface area (Å²) < 4.78 is 3.39. The van der Waals surface area contributed by atoms with E-state index in [1.165, 1.54) is 21.3 Å². The first kappa shape index (κ1) is 12.9. The van der Waals surface area contributed by atoms with E-state index in [0.29, 0.717) is 0 Å². The summed E-state index contributed by atoms with van der Waals surface area (Å²) in [7, 11) is 2.08. The van der Waals surface area contributed by atoms with E-state index in [2.05, 4.69) is 55.4 Å². The minimum absolute atomic E-state index is 0.841. The van der Waals surface area contributed by atoms with Gasteiger partial charge in [0.05, 0.1) is 5.56 Å². The van der Waals surface area contributed by atoms with Gasteiger partial charge < -0.3 is 5.73 Å². The van der Waals surface area contributed by atoms with Gasteiger partial charge in [-0.3, -0.25) is 0 Å². The molecule has 0 atom stereocenters. The number of hydrogen-bond donors (Lipinski definition) is 1. The number of anilines is 1. The van der Waals surface area contributed by atoms with Gasteiger partial charge in [-0.15, -0.1) is 0 Å². The quantitative estimate of drug-likeness (QED) is 0.560. The third-order valence-corrected chi connectivity index (χ3v) is 4.86. The predicted octanol–water partition coefficient (Wildman–Crippen LogP) is 3.93. The second-order valence-corrected chi connectivity index (χ2v) is 5.94. The summed E-state index contributed by atoms with van der Waals surface area (Å²) in [5.41, 5.74) is 11.8. The molecule has 0 bridgehead atoms. The zero-order valence-electron chi connectivity index (χ0n) is 11.7. The fraction of sp³-hybridized carbons (Fsp3) is 0.118. The summed E-state index contributed by atoms with van der Waals surface area (Å²) in [6.45, 7) is 5.98. The van der Waals surface area contributed by atoms with Crippen molar-refractivity contribution in [2.75, 3.05) is 5.73 Å². The van der Waals surface area contributed by atoms with Gasteiger partial charge in [-0.25, -0.2) is 0 Å². The average molecular weight is 281 g/mol. The Morgan fingerprint density at radius 3 is 2.60 bits per heavy atom. The lowest BCUT2D eigenvalue weighted by molar-refractivity contribution is -0.641. The third-order valence-electron chi connectivity index (χ3n) is 3.68. The maximum Gasteiger partial charge on any atom is 0.261 e. The Hall–Kier alpha value is -2.13. The fourth-order valence-corrected chi connectivity index (χ4v) is 3.66. The number of rotatable bonds is 2. The molecule has 100 valence electrons. The second-order valence-electron chi connectivity index (χ2n) is 4.88. The van der Waals surface area contributed by atoms with E-state index in [4.69, 9.17) is 5.73 Å². The van der Waals surface area contributed by atoms with Crippen molar-refractivity contribution in [3.05, 3.63) is 53.5 Å². The molecule has 0 aliphatic carbocycles. The Labute approximate surface area is 122 Å². The molecule has 3 rings (SSSR count). The highest BCUT2D eigenvalue weighted by Crippen LogP contribution is 2.36. The number of fused-ring (bicyclic) bond motifs is 1. The van der Waals surface area contributed by atoms with Gasteiger partial charge in [-0.1, -0.05) is 48.2 Å². The molecular weight excluding hydrogens is 264 g/mol. The molecule has 20 heavy (non-hydrogen) atoms. The lowest BCUT2D eigenvalue weighted by atomic mass is 9.98. The van der Waals surface area contributed by atoms with Crippen molar-refractivity contribution in [2.24, 2.45) is 7.05 Å². The highest BCUT2D eigenvalue weighted by molar-refractivity contribution is 7.19. The first-order valence-corrected chi connectivity index (χ1v) is 7.34. The van der Waals surface area contributed by atoms with Crippen molar-refractivity contribution >= 4 is 33.3 Å². The molecule has 0 amide bonds. The molecule has 0 saturated carbocycles. The van der Waals surface area contributed by atoms with Gasteiger partial charge in [-0.2, -0.15) is 4.57 Å². The molecule has 0 spiro atoms. The summed E-state index contributed by atoms with van der Waals surface area (Å²) in [5.74, 6) is 0. The van der Waals surface area contributed by atoms with Gasteiger partial charge in [0.15, 0.2) is 0 Å². The van der Waals surface area contributed by atoms with Crippen molar-refractivity contribution in [1.82, 2.24) is 0 Å². The van der Waals surface area contributed by atoms with Crippen molar-refractivity contribution < 1.29 is 4.57 Å². The minimum Gasteiger partial charge on any atom is -0.398 e. The van der Waals surface area contributed by atoms with Gasteiger partial charge >= 0.3 is 0 Å². The summed E-state index contributed by atoms with van der Waals surface area (Å²) in [4.78, 5) is 0. The number of benzene rings is 2. The molecule has 0 unspecified atom stereocenters. The van der Waals surface area contributed by atoms with Crippen LogP contribution in [0.1, 0.15) is 10.6 Å². The number of nitrogens with two attached hydrogens (primary N) is 1. The normalized spacial score (nSPS) is 10.9. The molecular formula is C17H17N2S+. The van der Waals surface area contributed by atoms with Gasteiger partial charge in [0.25, 0.3) is 5.01 Å². The lowest BCUT2D eigenvalue weighted by Crippen LogP contribution is -2.29. The van der Waals surface area contributed by atoms with E-state index in [9.17, 15) is 0 Å². The number of thiazole rings is 1. The van der Waals surface area contributed by atoms with E-state index >= 15 is 0 Å². The molecule has 2 aromatic carbocycles. The van der Waals surface area contributed by atoms with E-state index in [1.807, 2.05) is 12.1 Å². The zero-order valence-corrected chi connectivity index (χ0v) is 12.5. The largest absolute Gasteiger partial charge is 0.398 e. The molecule has 0 aliphatic heterocycles. The Balaban J connectivity index is 2.48. The third kappa shape index (κ3) is 1.82. The Morgan fingerprint density at radius 1 is 1.25 bits per heavy atom. The molecule has 1 aromatic heterocycles. The first-order chi connectivity index (χ1) is 9.63. The second kappa shape index (κ2) is 4.76. The molecule has 0 fully saturated rings. The summed E-state index contributed by atoms with van der Waals surface area (Å²) in [6.07, 6.45) is 1.89. The van der Waals surface area contributed by atoms with Crippen molar-refractivity contribution in [3.63, 3.8) is 0 Å². The Bertz CT molecular complexity index is 801. The molecule has 3 heteroatoms. The van der Waals surface area contributed by atoms with Crippen LogP contribution in [0.5, 0.6) is 0 Å². The average Bonchev–Trinajstić information content (AvgIpc) is 2.77. The smallest absolute Gasteiger partial charge is 0.261 e. The number of aromatic nitrogens is 1. The molecule has 2 N–H and O–H groups in total. The van der Waals surface area contributed by atoms with Gasteiger partial charge in [-0.05, 0) is 24.1 Å². The predicted molar refractivity (Wildman–Crippen MR) is 87.7 cm³/mol. The van der Waals surface area contributed by atoms with Crippen LogP contribution in [-0.4, -0.2) is 0 Å². The number of nitrogen functional groups attached to an aromatic ring is 1. The SMILES string of the molecule is C=Cc1sc2cc(N)c(C)c(-c3ccccc3)c2[n+]1C. The van der Waals surface area contributed by atoms with Crippen LogP contribution in [0.2, 0.25) is 0 Å². The molecule has 0 aliphatic rings. The maximum atomic E-state index is 6.20. The lowest BCUT2D eigenvalue weighted by Gasteiger charge is -2.08. The zero-order chi connectivity index (χ0) is 14.3. The van der Waals surface area contributed by atoms with Gasteiger partial charge in [0.1, 0.15) is 11.7 Å². The number of hydrogen-bond acceptors (Lipinski definition) is 2. The fourth-order valence-electron chi connectivity index (χ4n) is 2.60. The van der Waals surface area contributed by atoms with Gasteiger partial charge in [0.2, 0.25) is 5.52 Å². The standard InChI is InChI=1S/C17H17N2S/c1-4-15-19(3)17-14(20-15)10-13(18)11(2)16(17)12-8-6-5-7-9-12/h4-10H,1,18H2,2-3H3/q+1. The van der Waals surface area contributed by atoms with E-state index in [0.717, 1.165) is 16.3 Å². The van der Waals surface area contributed by atoms with Crippen molar-refractivity contribution in [2.45, 2.75) is 6.92 Å². The van der Waals surface area contributed by atoms with Crippen LogP contribution in [0.15, 0.2) is 43.0 Å². The van der Waals surface area contributed by atoms with Crippen LogP contribution in [0.25, 0.3) is 27.4 Å². The summed E-state index contributed by atoms with van der Waals surface area (Å²) in [6, 6.07) is 12.5. The molecule has 1 heterocycles. The van der Waals surface area contributed by atoms with Crippen LogP contribution in [0.3, 0.4) is 0 Å². The molecule has 3 aromatic rings. The van der Waals surface area contributed by atoms with Crippen LogP contribution in [0, 0.1) is 6.92 Å². The van der Waals surface area contributed by atoms with Crippen LogP contribution >= 0.6 is 11.3 Å². The van der Waals surface area contributed by atoms with Crippen molar-refractivity contribution in [3.8, 4) is 11.1 Å². The number of aryl methyl sites for hydroxylation is 1. The first-order valence-electron chi connectivity index (χ1n) is 6.53. The monoisotopic (exact) mass is 281 g/mol. The Morgan fingerprint density at radius 2 is 1.95 bits per heavy atom. The summed E-state index contributed by atoms with van der Waals surface area (Å²) >= 11 is 1.72. The van der Waals surface area contributed by atoms with Crippen molar-refractivity contribution in [1.29, 1.82) is 0 Å². The molecule has 0 saturated heterocycles. The van der Waals surface area contributed by atoms with Crippen LogP contribution < -0.4 is 10.3 Å².